The Morgan fingerprint density at radius 3 is 2.61 bits per heavy atom. The number of hydrogen-bond acceptors (Lipinski definition) is 2. The molecule has 2 aromatic rings. The number of hydrogen-bond donors (Lipinski definition) is 1. The largest absolute Gasteiger partial charge is 0.478 e. The minimum Gasteiger partial charge on any atom is -0.478 e. The number of rotatable bonds is 2. The van der Waals surface area contributed by atoms with E-state index in [1.165, 1.54) is 12.3 Å². The molecule has 0 saturated carbocycles. The van der Waals surface area contributed by atoms with Crippen molar-refractivity contribution in [3.8, 4) is 11.1 Å². The fraction of sp³-hybridized carbons (Fsp3) is 0.143. The molecule has 1 aromatic carbocycles. The molecule has 92 valence electrons. The first-order valence-electron chi connectivity index (χ1n) is 5.45. The Balaban J connectivity index is 2.69. The first-order chi connectivity index (χ1) is 8.50. The van der Waals surface area contributed by atoms with E-state index in [4.69, 9.17) is 11.6 Å². The van der Waals surface area contributed by atoms with Gasteiger partial charge in [0.1, 0.15) is 0 Å². The quantitative estimate of drug-likeness (QED) is 0.896. The smallest absolute Gasteiger partial charge is 0.336 e. The van der Waals surface area contributed by atoms with Crippen molar-refractivity contribution in [3.63, 3.8) is 0 Å². The molecule has 0 fully saturated rings. The summed E-state index contributed by atoms with van der Waals surface area (Å²) in [6.45, 7) is 3.79. The standard InChI is InChI=1S/C14H12ClNO2/c1-8-6-13(15)9(2)5-11(8)12-7-16-4-3-10(12)14(17)18/h3-7H,1-2H3,(H,17,18). The lowest BCUT2D eigenvalue weighted by Gasteiger charge is -2.11. The van der Waals surface area contributed by atoms with Crippen LogP contribution in [0, 0.1) is 13.8 Å². The average Bonchev–Trinajstić information content (AvgIpc) is 2.34. The number of nitrogens with zero attached hydrogens (tertiary/aromatic N) is 1. The van der Waals surface area contributed by atoms with Crippen molar-refractivity contribution in [1.82, 2.24) is 4.98 Å². The van der Waals surface area contributed by atoms with Gasteiger partial charge >= 0.3 is 5.97 Å². The van der Waals surface area contributed by atoms with E-state index in [-0.39, 0.29) is 5.56 Å². The van der Waals surface area contributed by atoms with E-state index < -0.39 is 5.97 Å². The molecule has 1 N–H and O–H groups in total. The number of carbonyl (C=O) groups is 1. The molecule has 1 aromatic heterocycles. The monoisotopic (exact) mass is 261 g/mol. The summed E-state index contributed by atoms with van der Waals surface area (Å²) < 4.78 is 0. The van der Waals surface area contributed by atoms with Crippen LogP contribution in [0.5, 0.6) is 0 Å². The lowest BCUT2D eigenvalue weighted by Crippen LogP contribution is -2.01. The van der Waals surface area contributed by atoms with Crippen LogP contribution < -0.4 is 0 Å². The van der Waals surface area contributed by atoms with Crippen molar-refractivity contribution in [2.75, 3.05) is 0 Å². The Bertz CT molecular complexity index is 623. The van der Waals surface area contributed by atoms with Crippen LogP contribution in [0.1, 0.15) is 21.5 Å². The summed E-state index contributed by atoms with van der Waals surface area (Å²) >= 11 is 6.04. The van der Waals surface area contributed by atoms with Crippen molar-refractivity contribution < 1.29 is 9.90 Å². The summed E-state index contributed by atoms with van der Waals surface area (Å²) in [5.41, 5.74) is 3.55. The Kier molecular flexibility index (Phi) is 3.34. The van der Waals surface area contributed by atoms with E-state index in [1.54, 1.807) is 6.20 Å². The Hall–Kier alpha value is -1.87. The minimum absolute atomic E-state index is 0.245. The van der Waals surface area contributed by atoms with E-state index in [0.717, 1.165) is 16.7 Å². The number of halogens is 1. The van der Waals surface area contributed by atoms with Crippen LogP contribution in [0.4, 0.5) is 0 Å². The van der Waals surface area contributed by atoms with Gasteiger partial charge in [-0.3, -0.25) is 4.98 Å². The van der Waals surface area contributed by atoms with Crippen molar-refractivity contribution >= 4 is 17.6 Å². The number of aromatic nitrogens is 1. The molecule has 1 heterocycles. The van der Waals surface area contributed by atoms with E-state index in [2.05, 4.69) is 4.98 Å². The van der Waals surface area contributed by atoms with Gasteiger partial charge in [0.25, 0.3) is 0 Å². The fourth-order valence-corrected chi connectivity index (χ4v) is 2.08. The van der Waals surface area contributed by atoms with Gasteiger partial charge in [-0.05, 0) is 48.7 Å². The van der Waals surface area contributed by atoms with Crippen molar-refractivity contribution in [1.29, 1.82) is 0 Å². The SMILES string of the molecule is Cc1cc(-c2cnccc2C(=O)O)c(C)cc1Cl. The van der Waals surface area contributed by atoms with Gasteiger partial charge in [-0.15, -0.1) is 0 Å². The summed E-state index contributed by atoms with van der Waals surface area (Å²) in [5, 5.41) is 9.87. The lowest BCUT2D eigenvalue weighted by molar-refractivity contribution is 0.0697. The first-order valence-corrected chi connectivity index (χ1v) is 5.83. The molecule has 0 amide bonds. The van der Waals surface area contributed by atoms with Crippen molar-refractivity contribution in [2.24, 2.45) is 0 Å². The maximum absolute atomic E-state index is 11.2. The third-order valence-electron chi connectivity index (χ3n) is 2.85. The van der Waals surface area contributed by atoms with Crippen LogP contribution in [0.25, 0.3) is 11.1 Å². The van der Waals surface area contributed by atoms with Crippen molar-refractivity contribution in [2.45, 2.75) is 13.8 Å². The zero-order valence-electron chi connectivity index (χ0n) is 10.1. The van der Waals surface area contributed by atoms with Gasteiger partial charge in [0.2, 0.25) is 0 Å². The maximum Gasteiger partial charge on any atom is 0.336 e. The van der Waals surface area contributed by atoms with Crippen LogP contribution in [0.3, 0.4) is 0 Å². The van der Waals surface area contributed by atoms with Crippen LogP contribution in [-0.2, 0) is 0 Å². The molecule has 0 radical (unpaired) electrons. The normalized spacial score (nSPS) is 10.4. The maximum atomic E-state index is 11.2. The highest BCUT2D eigenvalue weighted by Crippen LogP contribution is 2.30. The molecular weight excluding hydrogens is 250 g/mol. The molecule has 0 aliphatic carbocycles. The summed E-state index contributed by atoms with van der Waals surface area (Å²) in [4.78, 5) is 15.2. The molecule has 0 aliphatic rings. The van der Waals surface area contributed by atoms with Crippen LogP contribution >= 0.6 is 11.6 Å². The molecule has 4 heteroatoms. The number of carboxylic acids is 1. The zero-order valence-corrected chi connectivity index (χ0v) is 10.8. The van der Waals surface area contributed by atoms with Gasteiger partial charge < -0.3 is 5.11 Å². The Labute approximate surface area is 110 Å². The summed E-state index contributed by atoms with van der Waals surface area (Å²) in [6, 6.07) is 5.23. The first kappa shape index (κ1) is 12.6. The van der Waals surface area contributed by atoms with E-state index >= 15 is 0 Å². The van der Waals surface area contributed by atoms with E-state index in [0.29, 0.717) is 10.6 Å². The van der Waals surface area contributed by atoms with E-state index in [1.807, 2.05) is 26.0 Å². The molecule has 0 bridgehead atoms. The molecule has 2 rings (SSSR count). The second-order valence-electron chi connectivity index (χ2n) is 4.14. The van der Waals surface area contributed by atoms with Crippen LogP contribution in [-0.4, -0.2) is 16.1 Å². The molecule has 0 spiro atoms. The molecule has 0 saturated heterocycles. The third-order valence-corrected chi connectivity index (χ3v) is 3.25. The van der Waals surface area contributed by atoms with Gasteiger partial charge in [0, 0.05) is 23.0 Å². The highest BCUT2D eigenvalue weighted by atomic mass is 35.5. The molecule has 0 unspecified atom stereocenters. The second-order valence-corrected chi connectivity index (χ2v) is 4.55. The number of pyridine rings is 1. The van der Waals surface area contributed by atoms with Crippen molar-refractivity contribution in [3.05, 3.63) is 52.3 Å². The van der Waals surface area contributed by atoms with Gasteiger partial charge in [0.05, 0.1) is 5.56 Å². The Morgan fingerprint density at radius 2 is 1.94 bits per heavy atom. The lowest BCUT2D eigenvalue weighted by atomic mass is 9.96. The number of benzene rings is 1. The van der Waals surface area contributed by atoms with Gasteiger partial charge in [-0.1, -0.05) is 11.6 Å². The summed E-state index contributed by atoms with van der Waals surface area (Å²) in [5.74, 6) is -0.959. The molecule has 0 atom stereocenters. The third kappa shape index (κ3) is 2.22. The predicted molar refractivity (Wildman–Crippen MR) is 71.1 cm³/mol. The minimum atomic E-state index is -0.959. The molecule has 18 heavy (non-hydrogen) atoms. The molecule has 0 aliphatic heterocycles. The predicted octanol–water partition coefficient (Wildman–Crippen LogP) is 3.72. The Morgan fingerprint density at radius 1 is 1.22 bits per heavy atom. The summed E-state index contributed by atoms with van der Waals surface area (Å²) in [6.07, 6.45) is 3.05. The highest BCUT2D eigenvalue weighted by Gasteiger charge is 2.14. The zero-order chi connectivity index (χ0) is 13.3. The van der Waals surface area contributed by atoms with Gasteiger partial charge in [-0.25, -0.2) is 4.79 Å². The number of carboxylic acid groups (broad SMARTS) is 1. The molecule has 3 nitrogen and oxygen atoms in total. The average molecular weight is 262 g/mol. The van der Waals surface area contributed by atoms with Crippen LogP contribution in [0.2, 0.25) is 5.02 Å². The highest BCUT2D eigenvalue weighted by molar-refractivity contribution is 6.31. The van der Waals surface area contributed by atoms with E-state index in [9.17, 15) is 9.90 Å². The topological polar surface area (TPSA) is 50.2 Å². The van der Waals surface area contributed by atoms with Gasteiger partial charge in [0.15, 0.2) is 0 Å². The van der Waals surface area contributed by atoms with Crippen LogP contribution in [0.15, 0.2) is 30.6 Å². The van der Waals surface area contributed by atoms with Gasteiger partial charge in [-0.2, -0.15) is 0 Å². The summed E-state index contributed by atoms with van der Waals surface area (Å²) in [7, 11) is 0. The second kappa shape index (κ2) is 4.78. The number of aromatic carboxylic acids is 1. The fourth-order valence-electron chi connectivity index (χ4n) is 1.87. The number of aryl methyl sites for hydroxylation is 2. The molecular formula is C14H12ClNO2.